The zero-order valence-electron chi connectivity index (χ0n) is 16.7. The van der Waals surface area contributed by atoms with Crippen LogP contribution in [0.25, 0.3) is 10.8 Å². The summed E-state index contributed by atoms with van der Waals surface area (Å²) in [5.41, 5.74) is 3.95. The number of hydrogen-bond donors (Lipinski definition) is 2. The summed E-state index contributed by atoms with van der Waals surface area (Å²) in [5.74, 6) is -0.0986. The third-order valence-electron chi connectivity index (χ3n) is 5.01. The standard InChI is InChI=1S/C24H23N3OS/c1-15-8-4-7-11-21(15)27-24-26-17(3)22(29-24)23(28)25-16(2)19-13-12-18-9-5-6-10-20(18)14-19/h4-14,16H,1-3H3,(H,25,28)(H,26,27)/t16-/m0/s1. The molecule has 0 unspecified atom stereocenters. The fourth-order valence-corrected chi connectivity index (χ4v) is 4.19. The normalized spacial score (nSPS) is 12.0. The zero-order chi connectivity index (χ0) is 20.4. The van der Waals surface area contributed by atoms with Crippen molar-refractivity contribution in [3.05, 3.63) is 88.4 Å². The van der Waals surface area contributed by atoms with Gasteiger partial charge in [-0.2, -0.15) is 0 Å². The summed E-state index contributed by atoms with van der Waals surface area (Å²) in [4.78, 5) is 18.0. The molecule has 0 saturated carbocycles. The maximum Gasteiger partial charge on any atom is 0.263 e. The topological polar surface area (TPSA) is 54.0 Å². The Morgan fingerprint density at radius 1 is 0.966 bits per heavy atom. The van der Waals surface area contributed by atoms with Crippen molar-refractivity contribution in [2.24, 2.45) is 0 Å². The number of carbonyl (C=O) groups is 1. The van der Waals surface area contributed by atoms with Crippen LogP contribution < -0.4 is 10.6 Å². The van der Waals surface area contributed by atoms with Crippen LogP contribution in [0, 0.1) is 13.8 Å². The molecule has 4 aromatic rings. The molecule has 0 aliphatic heterocycles. The van der Waals surface area contributed by atoms with Gasteiger partial charge in [-0.15, -0.1) is 0 Å². The molecule has 1 aromatic heterocycles. The number of carbonyl (C=O) groups excluding carboxylic acids is 1. The highest BCUT2D eigenvalue weighted by atomic mass is 32.1. The molecule has 29 heavy (non-hydrogen) atoms. The van der Waals surface area contributed by atoms with E-state index in [1.54, 1.807) is 0 Å². The van der Waals surface area contributed by atoms with Crippen molar-refractivity contribution in [3.8, 4) is 0 Å². The van der Waals surface area contributed by atoms with E-state index in [4.69, 9.17) is 0 Å². The van der Waals surface area contributed by atoms with E-state index in [1.165, 1.54) is 22.1 Å². The predicted molar refractivity (Wildman–Crippen MR) is 121 cm³/mol. The SMILES string of the molecule is Cc1ccccc1Nc1nc(C)c(C(=O)N[C@@H](C)c2ccc3ccccc3c2)s1. The molecule has 0 spiro atoms. The van der Waals surface area contributed by atoms with Crippen molar-refractivity contribution in [2.75, 3.05) is 5.32 Å². The van der Waals surface area contributed by atoms with Crippen LogP contribution in [0.15, 0.2) is 66.7 Å². The summed E-state index contributed by atoms with van der Waals surface area (Å²) in [5, 5.41) is 9.52. The molecule has 0 aliphatic rings. The second-order valence-corrected chi connectivity index (χ2v) is 8.17. The number of aryl methyl sites for hydroxylation is 2. The van der Waals surface area contributed by atoms with Gasteiger partial charge in [-0.1, -0.05) is 65.9 Å². The average molecular weight is 402 g/mol. The van der Waals surface area contributed by atoms with E-state index >= 15 is 0 Å². The van der Waals surface area contributed by atoms with Gasteiger partial charge in [-0.05, 0) is 54.8 Å². The molecular weight excluding hydrogens is 378 g/mol. The second kappa shape index (κ2) is 8.05. The summed E-state index contributed by atoms with van der Waals surface area (Å²) in [6.45, 7) is 5.92. The Kier molecular flexibility index (Phi) is 5.32. The largest absolute Gasteiger partial charge is 0.345 e. The van der Waals surface area contributed by atoms with Gasteiger partial charge < -0.3 is 10.6 Å². The van der Waals surface area contributed by atoms with Crippen LogP contribution in [0.4, 0.5) is 10.8 Å². The Labute approximate surface area is 174 Å². The summed E-state index contributed by atoms with van der Waals surface area (Å²) < 4.78 is 0. The Morgan fingerprint density at radius 3 is 2.48 bits per heavy atom. The molecule has 1 atom stereocenters. The number of nitrogens with zero attached hydrogens (tertiary/aromatic N) is 1. The van der Waals surface area contributed by atoms with Gasteiger partial charge in [0.25, 0.3) is 5.91 Å². The highest BCUT2D eigenvalue weighted by Gasteiger charge is 2.18. The molecule has 3 aromatic carbocycles. The van der Waals surface area contributed by atoms with E-state index in [0.29, 0.717) is 4.88 Å². The van der Waals surface area contributed by atoms with Gasteiger partial charge in [0.15, 0.2) is 5.13 Å². The van der Waals surface area contributed by atoms with Crippen molar-refractivity contribution in [2.45, 2.75) is 26.8 Å². The molecule has 0 bridgehead atoms. The third kappa shape index (κ3) is 4.15. The zero-order valence-corrected chi connectivity index (χ0v) is 17.5. The van der Waals surface area contributed by atoms with E-state index in [1.807, 2.05) is 57.2 Å². The Bertz CT molecular complexity index is 1180. The van der Waals surface area contributed by atoms with E-state index in [9.17, 15) is 4.79 Å². The van der Waals surface area contributed by atoms with Gasteiger partial charge >= 0.3 is 0 Å². The van der Waals surface area contributed by atoms with Gasteiger partial charge in [0.2, 0.25) is 0 Å². The number of rotatable bonds is 5. The van der Waals surface area contributed by atoms with Crippen LogP contribution in [0.1, 0.15) is 39.5 Å². The van der Waals surface area contributed by atoms with Crippen molar-refractivity contribution < 1.29 is 4.79 Å². The number of nitrogens with one attached hydrogen (secondary N) is 2. The molecule has 0 saturated heterocycles. The smallest absolute Gasteiger partial charge is 0.263 e. The molecule has 2 N–H and O–H groups in total. The number of hydrogen-bond acceptors (Lipinski definition) is 4. The third-order valence-corrected chi connectivity index (χ3v) is 6.08. The first kappa shape index (κ1) is 19.2. The average Bonchev–Trinajstić information content (AvgIpc) is 3.09. The second-order valence-electron chi connectivity index (χ2n) is 7.18. The Balaban J connectivity index is 1.50. The first-order chi connectivity index (χ1) is 14.0. The number of amides is 1. The lowest BCUT2D eigenvalue weighted by molar-refractivity contribution is 0.0943. The minimum Gasteiger partial charge on any atom is -0.345 e. The van der Waals surface area contributed by atoms with Crippen LogP contribution in [-0.4, -0.2) is 10.9 Å². The van der Waals surface area contributed by atoms with Crippen molar-refractivity contribution in [1.29, 1.82) is 0 Å². The molecule has 146 valence electrons. The molecule has 4 nitrogen and oxygen atoms in total. The summed E-state index contributed by atoms with van der Waals surface area (Å²) in [7, 11) is 0. The Morgan fingerprint density at radius 2 is 1.69 bits per heavy atom. The van der Waals surface area contributed by atoms with Crippen molar-refractivity contribution >= 4 is 38.8 Å². The molecule has 0 radical (unpaired) electrons. The number of aromatic nitrogens is 1. The van der Waals surface area contributed by atoms with E-state index < -0.39 is 0 Å². The molecule has 1 amide bonds. The van der Waals surface area contributed by atoms with Crippen molar-refractivity contribution in [3.63, 3.8) is 0 Å². The predicted octanol–water partition coefficient (Wildman–Crippen LogP) is 6.15. The molecule has 0 aliphatic carbocycles. The number of fused-ring (bicyclic) bond motifs is 1. The summed E-state index contributed by atoms with van der Waals surface area (Å²) in [6, 6.07) is 22.5. The quantitative estimate of drug-likeness (QED) is 0.422. The first-order valence-electron chi connectivity index (χ1n) is 9.61. The molecular formula is C24H23N3OS. The van der Waals surface area contributed by atoms with E-state index in [2.05, 4.69) is 45.9 Å². The van der Waals surface area contributed by atoms with Crippen LogP contribution in [0.5, 0.6) is 0 Å². The minimum absolute atomic E-state index is 0.0959. The van der Waals surface area contributed by atoms with Gasteiger partial charge in [-0.3, -0.25) is 4.79 Å². The van der Waals surface area contributed by atoms with Crippen LogP contribution in [0.3, 0.4) is 0 Å². The van der Waals surface area contributed by atoms with E-state index in [-0.39, 0.29) is 11.9 Å². The molecule has 1 heterocycles. The monoisotopic (exact) mass is 401 g/mol. The lowest BCUT2D eigenvalue weighted by atomic mass is 10.0. The van der Waals surface area contributed by atoms with Gasteiger partial charge in [0, 0.05) is 5.69 Å². The van der Waals surface area contributed by atoms with Gasteiger partial charge in [0.05, 0.1) is 11.7 Å². The molecule has 5 heteroatoms. The van der Waals surface area contributed by atoms with Crippen LogP contribution >= 0.6 is 11.3 Å². The van der Waals surface area contributed by atoms with Crippen LogP contribution in [0.2, 0.25) is 0 Å². The van der Waals surface area contributed by atoms with Gasteiger partial charge in [0.1, 0.15) is 4.88 Å². The summed E-state index contributed by atoms with van der Waals surface area (Å²) in [6.07, 6.45) is 0. The summed E-state index contributed by atoms with van der Waals surface area (Å²) >= 11 is 1.38. The molecule has 0 fully saturated rings. The fourth-order valence-electron chi connectivity index (χ4n) is 3.31. The maximum absolute atomic E-state index is 12.9. The number of anilines is 2. The minimum atomic E-state index is -0.0986. The number of benzene rings is 3. The van der Waals surface area contributed by atoms with Crippen LogP contribution in [-0.2, 0) is 0 Å². The highest BCUT2D eigenvalue weighted by Crippen LogP contribution is 2.28. The lowest BCUT2D eigenvalue weighted by Crippen LogP contribution is -2.26. The molecule has 4 rings (SSSR count). The maximum atomic E-state index is 12.9. The van der Waals surface area contributed by atoms with E-state index in [0.717, 1.165) is 27.6 Å². The number of thiazole rings is 1. The van der Waals surface area contributed by atoms with Crippen molar-refractivity contribution in [1.82, 2.24) is 10.3 Å². The first-order valence-corrected chi connectivity index (χ1v) is 10.4. The highest BCUT2D eigenvalue weighted by molar-refractivity contribution is 7.17. The van der Waals surface area contributed by atoms with Gasteiger partial charge in [-0.25, -0.2) is 4.98 Å². The number of para-hydroxylation sites is 1. The fraction of sp³-hybridized carbons (Fsp3) is 0.167. The Hall–Kier alpha value is -3.18. The lowest BCUT2D eigenvalue weighted by Gasteiger charge is -2.14.